The molecule has 0 unspecified atom stereocenters. The van der Waals surface area contributed by atoms with Crippen molar-refractivity contribution in [1.29, 1.82) is 0 Å². The maximum atomic E-state index is 12.3. The summed E-state index contributed by atoms with van der Waals surface area (Å²) in [4.78, 5) is 5.13. The quantitative estimate of drug-likeness (QED) is 0.755. The van der Waals surface area contributed by atoms with E-state index in [1.54, 1.807) is 6.07 Å². The number of nitrogens with zero attached hydrogens (tertiary/aromatic N) is 2. The lowest BCUT2D eigenvalue weighted by molar-refractivity contribution is 0.152. The van der Waals surface area contributed by atoms with E-state index in [2.05, 4.69) is 4.98 Å². The van der Waals surface area contributed by atoms with Crippen LogP contribution >= 0.6 is 0 Å². The molecule has 0 amide bonds. The molecule has 0 fully saturated rings. The summed E-state index contributed by atoms with van der Waals surface area (Å²) in [5.41, 5.74) is 0.948. The standard InChI is InChI=1S/C10H14F2N2O2/c11-10(12)6-14(3-4-15)9-1-2-13-5-8(9)7-16/h1-2,5,10,15-16H,3-4,6-7H2. The van der Waals surface area contributed by atoms with Gasteiger partial charge in [0.05, 0.1) is 19.8 Å². The molecule has 0 spiro atoms. The fourth-order valence-electron chi connectivity index (χ4n) is 1.45. The largest absolute Gasteiger partial charge is 0.395 e. The Morgan fingerprint density at radius 1 is 1.38 bits per heavy atom. The number of anilines is 1. The summed E-state index contributed by atoms with van der Waals surface area (Å²) < 4.78 is 24.7. The van der Waals surface area contributed by atoms with E-state index in [-0.39, 0.29) is 19.8 Å². The summed E-state index contributed by atoms with van der Waals surface area (Å²) in [5.74, 6) is 0. The van der Waals surface area contributed by atoms with Crippen molar-refractivity contribution in [2.45, 2.75) is 13.0 Å². The van der Waals surface area contributed by atoms with E-state index in [0.717, 1.165) is 0 Å². The monoisotopic (exact) mass is 232 g/mol. The van der Waals surface area contributed by atoms with E-state index in [1.165, 1.54) is 17.3 Å². The molecule has 0 saturated heterocycles. The Kier molecular flexibility index (Phi) is 5.07. The van der Waals surface area contributed by atoms with Gasteiger partial charge in [-0.05, 0) is 6.07 Å². The number of hydrogen-bond donors (Lipinski definition) is 2. The summed E-state index contributed by atoms with van der Waals surface area (Å²) in [5, 5.41) is 17.9. The van der Waals surface area contributed by atoms with Crippen molar-refractivity contribution in [2.24, 2.45) is 0 Å². The molecule has 1 aromatic rings. The van der Waals surface area contributed by atoms with Crippen LogP contribution in [0.25, 0.3) is 0 Å². The Morgan fingerprint density at radius 2 is 2.12 bits per heavy atom. The van der Waals surface area contributed by atoms with Gasteiger partial charge in [-0.3, -0.25) is 4.98 Å². The molecule has 1 heterocycles. The normalized spacial score (nSPS) is 10.8. The second kappa shape index (κ2) is 6.34. The summed E-state index contributed by atoms with van der Waals surface area (Å²) in [6.45, 7) is -0.868. The summed E-state index contributed by atoms with van der Waals surface area (Å²) in [7, 11) is 0. The van der Waals surface area contributed by atoms with Crippen LogP contribution in [-0.4, -0.2) is 41.3 Å². The van der Waals surface area contributed by atoms with Gasteiger partial charge in [0.2, 0.25) is 0 Å². The van der Waals surface area contributed by atoms with Gasteiger partial charge in [0.1, 0.15) is 0 Å². The predicted molar refractivity (Wildman–Crippen MR) is 55.5 cm³/mol. The van der Waals surface area contributed by atoms with Crippen LogP contribution in [0, 0.1) is 0 Å². The molecule has 0 aliphatic carbocycles. The summed E-state index contributed by atoms with van der Waals surface area (Å²) in [6.07, 6.45) is 0.390. The van der Waals surface area contributed by atoms with Crippen molar-refractivity contribution in [3.8, 4) is 0 Å². The highest BCUT2D eigenvalue weighted by atomic mass is 19.3. The van der Waals surface area contributed by atoms with Gasteiger partial charge in [0, 0.05) is 30.2 Å². The van der Waals surface area contributed by atoms with Gasteiger partial charge < -0.3 is 15.1 Å². The minimum absolute atomic E-state index is 0.0986. The number of hydrogen-bond acceptors (Lipinski definition) is 4. The van der Waals surface area contributed by atoms with Gasteiger partial charge in [0.15, 0.2) is 0 Å². The lowest BCUT2D eigenvalue weighted by Gasteiger charge is -2.25. The third kappa shape index (κ3) is 3.39. The third-order valence-electron chi connectivity index (χ3n) is 2.12. The van der Waals surface area contributed by atoms with E-state index in [1.807, 2.05) is 0 Å². The van der Waals surface area contributed by atoms with Crippen LogP contribution in [0.2, 0.25) is 0 Å². The van der Waals surface area contributed by atoms with Crippen LogP contribution in [-0.2, 0) is 6.61 Å². The van der Waals surface area contributed by atoms with Crippen molar-refractivity contribution >= 4 is 5.69 Å². The molecule has 0 aromatic carbocycles. The molecule has 4 nitrogen and oxygen atoms in total. The molecule has 0 aliphatic rings. The van der Waals surface area contributed by atoms with E-state index in [9.17, 15) is 8.78 Å². The molecular weight excluding hydrogens is 218 g/mol. The van der Waals surface area contributed by atoms with Crippen LogP contribution in [0.5, 0.6) is 0 Å². The minimum Gasteiger partial charge on any atom is -0.395 e. The number of halogens is 2. The Hall–Kier alpha value is -1.27. The van der Waals surface area contributed by atoms with E-state index >= 15 is 0 Å². The number of aliphatic hydroxyl groups excluding tert-OH is 2. The molecular formula is C10H14F2N2O2. The molecule has 6 heteroatoms. The van der Waals surface area contributed by atoms with Gasteiger partial charge >= 0.3 is 0 Å². The predicted octanol–water partition coefficient (Wildman–Crippen LogP) is 0.638. The molecule has 16 heavy (non-hydrogen) atoms. The first kappa shape index (κ1) is 12.8. The second-order valence-corrected chi connectivity index (χ2v) is 3.22. The average Bonchev–Trinajstić information content (AvgIpc) is 2.28. The highest BCUT2D eigenvalue weighted by Crippen LogP contribution is 2.19. The highest BCUT2D eigenvalue weighted by Gasteiger charge is 2.15. The number of pyridine rings is 1. The molecule has 1 rings (SSSR count). The Labute approximate surface area is 92.2 Å². The SMILES string of the molecule is OCCN(CC(F)F)c1ccncc1CO. The molecule has 0 atom stereocenters. The number of aromatic nitrogens is 1. The Morgan fingerprint density at radius 3 is 2.69 bits per heavy atom. The zero-order valence-corrected chi connectivity index (χ0v) is 8.68. The molecule has 0 radical (unpaired) electrons. The zero-order valence-electron chi connectivity index (χ0n) is 8.68. The van der Waals surface area contributed by atoms with Gasteiger partial charge in [-0.25, -0.2) is 8.78 Å². The topological polar surface area (TPSA) is 56.6 Å². The lowest BCUT2D eigenvalue weighted by Crippen LogP contribution is -2.32. The molecule has 1 aromatic heterocycles. The van der Waals surface area contributed by atoms with E-state index < -0.39 is 13.0 Å². The van der Waals surface area contributed by atoms with Crippen molar-refractivity contribution in [3.63, 3.8) is 0 Å². The summed E-state index contributed by atoms with van der Waals surface area (Å²) >= 11 is 0. The second-order valence-electron chi connectivity index (χ2n) is 3.22. The van der Waals surface area contributed by atoms with Crippen molar-refractivity contribution < 1.29 is 19.0 Å². The van der Waals surface area contributed by atoms with Gasteiger partial charge in [0.25, 0.3) is 6.43 Å². The maximum Gasteiger partial charge on any atom is 0.255 e. The molecule has 0 saturated carbocycles. The van der Waals surface area contributed by atoms with Gasteiger partial charge in [-0.1, -0.05) is 0 Å². The van der Waals surface area contributed by atoms with Crippen molar-refractivity contribution in [2.75, 3.05) is 24.6 Å². The molecule has 2 N–H and O–H groups in total. The number of alkyl halides is 2. The van der Waals surface area contributed by atoms with Gasteiger partial charge in [-0.2, -0.15) is 0 Å². The van der Waals surface area contributed by atoms with Crippen LogP contribution in [0.1, 0.15) is 5.56 Å². The fraction of sp³-hybridized carbons (Fsp3) is 0.500. The first-order valence-corrected chi connectivity index (χ1v) is 4.86. The fourth-order valence-corrected chi connectivity index (χ4v) is 1.45. The minimum atomic E-state index is -2.49. The first-order chi connectivity index (χ1) is 7.69. The van der Waals surface area contributed by atoms with Crippen LogP contribution in [0.3, 0.4) is 0 Å². The van der Waals surface area contributed by atoms with Crippen molar-refractivity contribution in [3.05, 3.63) is 24.0 Å². The molecule has 0 aliphatic heterocycles. The summed E-state index contributed by atoms with van der Waals surface area (Å²) in [6, 6.07) is 1.55. The van der Waals surface area contributed by atoms with Crippen molar-refractivity contribution in [1.82, 2.24) is 4.98 Å². The maximum absolute atomic E-state index is 12.3. The smallest absolute Gasteiger partial charge is 0.255 e. The van der Waals surface area contributed by atoms with E-state index in [0.29, 0.717) is 11.3 Å². The zero-order chi connectivity index (χ0) is 12.0. The van der Waals surface area contributed by atoms with Crippen LogP contribution < -0.4 is 4.90 Å². The third-order valence-corrected chi connectivity index (χ3v) is 2.12. The van der Waals surface area contributed by atoms with Crippen LogP contribution in [0.4, 0.5) is 14.5 Å². The van der Waals surface area contributed by atoms with E-state index in [4.69, 9.17) is 10.2 Å². The number of aliphatic hydroxyl groups is 2. The highest BCUT2D eigenvalue weighted by molar-refractivity contribution is 5.52. The Balaban J connectivity index is 2.90. The first-order valence-electron chi connectivity index (χ1n) is 4.86. The molecule has 90 valence electrons. The lowest BCUT2D eigenvalue weighted by atomic mass is 10.2. The Bertz CT molecular complexity index is 323. The average molecular weight is 232 g/mol. The molecule has 0 bridgehead atoms. The number of rotatable bonds is 6. The van der Waals surface area contributed by atoms with Crippen LogP contribution in [0.15, 0.2) is 18.5 Å². The van der Waals surface area contributed by atoms with Gasteiger partial charge in [-0.15, -0.1) is 0 Å².